The molecule has 0 bridgehead atoms. The average molecular weight is 350 g/mol. The van der Waals surface area contributed by atoms with Gasteiger partial charge in [0.25, 0.3) is 0 Å². The topological polar surface area (TPSA) is 79.6 Å². The molecule has 0 aliphatic carbocycles. The normalized spacial score (nSPS) is 14.6. The standard InChI is InChI=1S/C20H18N2O4/c1-14(25-17-8-4-15(13-21)5-9-17)20(24)26-18-10-6-16(7-11-18)22-12-2-3-19(22)23/h4-11,14H,2-3,12H2,1H3. The maximum atomic E-state index is 12.2. The zero-order chi connectivity index (χ0) is 18.5. The first kappa shape index (κ1) is 17.5. The number of esters is 1. The van der Waals surface area contributed by atoms with E-state index >= 15 is 0 Å². The molecule has 1 unspecified atom stereocenters. The van der Waals surface area contributed by atoms with Crippen LogP contribution in [0.3, 0.4) is 0 Å². The van der Waals surface area contributed by atoms with Crippen molar-refractivity contribution in [2.75, 3.05) is 11.4 Å². The molecular weight excluding hydrogens is 332 g/mol. The van der Waals surface area contributed by atoms with Gasteiger partial charge in [-0.1, -0.05) is 0 Å². The van der Waals surface area contributed by atoms with Gasteiger partial charge < -0.3 is 14.4 Å². The summed E-state index contributed by atoms with van der Waals surface area (Å²) in [6, 6.07) is 15.4. The number of hydrogen-bond donors (Lipinski definition) is 0. The van der Waals surface area contributed by atoms with Crippen molar-refractivity contribution in [3.05, 3.63) is 54.1 Å². The SMILES string of the molecule is CC(Oc1ccc(C#N)cc1)C(=O)Oc1ccc(N2CCCC2=O)cc1. The maximum absolute atomic E-state index is 12.2. The predicted octanol–water partition coefficient (Wildman–Crippen LogP) is 3.06. The number of carbonyl (C=O) groups is 2. The van der Waals surface area contributed by atoms with Crippen LogP contribution in [-0.4, -0.2) is 24.5 Å². The highest BCUT2D eigenvalue weighted by atomic mass is 16.6. The van der Waals surface area contributed by atoms with Gasteiger partial charge in [-0.15, -0.1) is 0 Å². The first-order valence-electron chi connectivity index (χ1n) is 8.36. The third-order valence-corrected chi connectivity index (χ3v) is 4.07. The summed E-state index contributed by atoms with van der Waals surface area (Å²) in [6.45, 7) is 2.31. The Morgan fingerprint density at radius 3 is 2.35 bits per heavy atom. The molecule has 1 aliphatic rings. The van der Waals surface area contributed by atoms with Crippen molar-refractivity contribution >= 4 is 17.6 Å². The number of hydrogen-bond acceptors (Lipinski definition) is 5. The van der Waals surface area contributed by atoms with E-state index in [2.05, 4.69) is 0 Å². The Labute approximate surface area is 151 Å². The predicted molar refractivity (Wildman–Crippen MR) is 94.9 cm³/mol. The van der Waals surface area contributed by atoms with Crippen molar-refractivity contribution in [1.29, 1.82) is 5.26 Å². The van der Waals surface area contributed by atoms with Crippen molar-refractivity contribution in [1.82, 2.24) is 0 Å². The van der Waals surface area contributed by atoms with E-state index in [-0.39, 0.29) is 5.91 Å². The van der Waals surface area contributed by atoms with Crippen LogP contribution in [0, 0.1) is 11.3 Å². The molecule has 0 aromatic heterocycles. The summed E-state index contributed by atoms with van der Waals surface area (Å²) in [4.78, 5) is 25.6. The van der Waals surface area contributed by atoms with Crippen LogP contribution in [0.2, 0.25) is 0 Å². The largest absolute Gasteiger partial charge is 0.479 e. The summed E-state index contributed by atoms with van der Waals surface area (Å²) in [5.41, 5.74) is 1.32. The molecule has 1 atom stereocenters. The zero-order valence-corrected chi connectivity index (χ0v) is 14.3. The van der Waals surface area contributed by atoms with E-state index in [0.29, 0.717) is 30.0 Å². The van der Waals surface area contributed by atoms with Gasteiger partial charge in [0.1, 0.15) is 11.5 Å². The number of anilines is 1. The molecule has 1 heterocycles. The monoisotopic (exact) mass is 350 g/mol. The summed E-state index contributed by atoms with van der Waals surface area (Å²) in [5.74, 6) is 0.454. The highest BCUT2D eigenvalue weighted by Crippen LogP contribution is 2.24. The van der Waals surface area contributed by atoms with E-state index < -0.39 is 12.1 Å². The molecule has 132 valence electrons. The highest BCUT2D eigenvalue weighted by Gasteiger charge is 2.22. The maximum Gasteiger partial charge on any atom is 0.352 e. The molecular formula is C20H18N2O4. The smallest absolute Gasteiger partial charge is 0.352 e. The molecule has 2 aromatic rings. The van der Waals surface area contributed by atoms with Gasteiger partial charge in [0, 0.05) is 18.7 Å². The third kappa shape index (κ3) is 4.01. The highest BCUT2D eigenvalue weighted by molar-refractivity contribution is 5.95. The molecule has 1 amide bonds. The molecule has 1 aliphatic heterocycles. The fourth-order valence-electron chi connectivity index (χ4n) is 2.67. The lowest BCUT2D eigenvalue weighted by Gasteiger charge is -2.17. The van der Waals surface area contributed by atoms with Crippen molar-refractivity contribution < 1.29 is 19.1 Å². The van der Waals surface area contributed by atoms with Gasteiger partial charge in [-0.05, 0) is 61.9 Å². The van der Waals surface area contributed by atoms with Gasteiger partial charge in [-0.3, -0.25) is 4.79 Å². The van der Waals surface area contributed by atoms with E-state index in [1.807, 2.05) is 6.07 Å². The van der Waals surface area contributed by atoms with Gasteiger partial charge in [-0.25, -0.2) is 4.79 Å². The van der Waals surface area contributed by atoms with E-state index in [1.54, 1.807) is 60.4 Å². The second-order valence-corrected chi connectivity index (χ2v) is 5.96. The molecule has 3 rings (SSSR count). The molecule has 6 nitrogen and oxygen atoms in total. The zero-order valence-electron chi connectivity index (χ0n) is 14.3. The molecule has 0 radical (unpaired) electrons. The molecule has 26 heavy (non-hydrogen) atoms. The Bertz CT molecular complexity index is 838. The summed E-state index contributed by atoms with van der Waals surface area (Å²) in [7, 11) is 0. The first-order valence-corrected chi connectivity index (χ1v) is 8.36. The molecule has 6 heteroatoms. The number of nitriles is 1. The molecule has 2 aromatic carbocycles. The Balaban J connectivity index is 1.58. The second-order valence-electron chi connectivity index (χ2n) is 5.96. The third-order valence-electron chi connectivity index (χ3n) is 4.07. The van der Waals surface area contributed by atoms with Crippen LogP contribution in [0.5, 0.6) is 11.5 Å². The van der Waals surface area contributed by atoms with Gasteiger partial charge >= 0.3 is 5.97 Å². The van der Waals surface area contributed by atoms with Crippen molar-refractivity contribution in [2.24, 2.45) is 0 Å². The lowest BCUT2D eigenvalue weighted by Crippen LogP contribution is -2.28. The first-order chi connectivity index (χ1) is 12.6. The number of benzene rings is 2. The van der Waals surface area contributed by atoms with Gasteiger partial charge in [0.2, 0.25) is 5.91 Å². The molecule has 0 spiro atoms. The summed E-state index contributed by atoms with van der Waals surface area (Å²) >= 11 is 0. The molecule has 1 saturated heterocycles. The Morgan fingerprint density at radius 1 is 1.12 bits per heavy atom. The molecule has 0 saturated carbocycles. The van der Waals surface area contributed by atoms with Crippen LogP contribution < -0.4 is 14.4 Å². The number of carbonyl (C=O) groups excluding carboxylic acids is 2. The van der Waals surface area contributed by atoms with Gasteiger partial charge in [0.05, 0.1) is 11.6 Å². The summed E-state index contributed by atoms with van der Waals surface area (Å²) < 4.78 is 10.8. The lowest BCUT2D eigenvalue weighted by atomic mass is 10.2. The second kappa shape index (κ2) is 7.70. The minimum Gasteiger partial charge on any atom is -0.479 e. The Morgan fingerprint density at radius 2 is 1.77 bits per heavy atom. The molecule has 1 fully saturated rings. The number of amides is 1. The Hall–Kier alpha value is -3.33. The van der Waals surface area contributed by atoms with E-state index in [1.165, 1.54) is 0 Å². The number of ether oxygens (including phenoxy) is 2. The van der Waals surface area contributed by atoms with Gasteiger partial charge in [-0.2, -0.15) is 5.26 Å². The van der Waals surface area contributed by atoms with Crippen LogP contribution in [0.1, 0.15) is 25.3 Å². The average Bonchev–Trinajstić information content (AvgIpc) is 3.09. The van der Waals surface area contributed by atoms with Crippen molar-refractivity contribution in [3.63, 3.8) is 0 Å². The van der Waals surface area contributed by atoms with Crippen LogP contribution >= 0.6 is 0 Å². The number of rotatable bonds is 5. The van der Waals surface area contributed by atoms with Crippen LogP contribution in [0.4, 0.5) is 5.69 Å². The lowest BCUT2D eigenvalue weighted by molar-refractivity contribution is -0.141. The number of nitrogens with zero attached hydrogens (tertiary/aromatic N) is 2. The minimum absolute atomic E-state index is 0.110. The van der Waals surface area contributed by atoms with Crippen molar-refractivity contribution in [2.45, 2.75) is 25.9 Å². The fourth-order valence-corrected chi connectivity index (χ4v) is 2.67. The van der Waals surface area contributed by atoms with Crippen LogP contribution in [-0.2, 0) is 9.59 Å². The van der Waals surface area contributed by atoms with E-state index in [0.717, 1.165) is 12.1 Å². The summed E-state index contributed by atoms with van der Waals surface area (Å²) in [5, 5.41) is 8.78. The van der Waals surface area contributed by atoms with Crippen LogP contribution in [0.15, 0.2) is 48.5 Å². The Kier molecular flexibility index (Phi) is 5.18. The summed E-state index contributed by atoms with van der Waals surface area (Å²) in [6.07, 6.45) is 0.628. The van der Waals surface area contributed by atoms with E-state index in [4.69, 9.17) is 14.7 Å². The molecule has 0 N–H and O–H groups in total. The fraction of sp³-hybridized carbons (Fsp3) is 0.250. The van der Waals surface area contributed by atoms with Crippen molar-refractivity contribution in [3.8, 4) is 17.6 Å². The minimum atomic E-state index is -0.803. The van der Waals surface area contributed by atoms with Crippen LogP contribution in [0.25, 0.3) is 0 Å². The van der Waals surface area contributed by atoms with E-state index in [9.17, 15) is 9.59 Å². The quantitative estimate of drug-likeness (QED) is 0.612. The van der Waals surface area contributed by atoms with Gasteiger partial charge in [0.15, 0.2) is 6.10 Å².